The Morgan fingerprint density at radius 2 is 1.75 bits per heavy atom. The zero-order chi connectivity index (χ0) is 8.23. The van der Waals surface area contributed by atoms with Crippen LogP contribution < -0.4 is 0 Å². The van der Waals surface area contributed by atoms with Crippen LogP contribution in [0.25, 0.3) is 0 Å². The van der Waals surface area contributed by atoms with Gasteiger partial charge in [-0.25, -0.2) is 0 Å². The fraction of sp³-hybridized carbons (Fsp3) is 1.00. The van der Waals surface area contributed by atoms with E-state index in [4.69, 9.17) is 0 Å². The fourth-order valence-corrected chi connectivity index (χ4v) is 4.16. The molecule has 3 aliphatic carbocycles. The maximum absolute atomic E-state index is 10.0. The van der Waals surface area contributed by atoms with Crippen molar-refractivity contribution in [3.8, 4) is 0 Å². The Balaban J connectivity index is 1.92. The molecule has 0 amide bonds. The molecule has 3 unspecified atom stereocenters. The van der Waals surface area contributed by atoms with E-state index in [0.717, 1.165) is 6.42 Å². The first kappa shape index (κ1) is 7.37. The molecule has 0 aliphatic heterocycles. The maximum atomic E-state index is 10.0. The highest BCUT2D eigenvalue weighted by Gasteiger charge is 2.71. The summed E-state index contributed by atoms with van der Waals surface area (Å²) in [4.78, 5) is 0. The zero-order valence-corrected chi connectivity index (χ0v) is 7.68. The lowest BCUT2D eigenvalue weighted by molar-refractivity contribution is 0.00683. The Hall–Kier alpha value is -0.0400. The van der Waals surface area contributed by atoms with Crippen LogP contribution in [-0.4, -0.2) is 11.2 Å². The number of rotatable bonds is 0. The summed E-state index contributed by atoms with van der Waals surface area (Å²) in [6.07, 6.45) is 10.8. The lowest BCUT2D eigenvalue weighted by Crippen LogP contribution is -2.34. The van der Waals surface area contributed by atoms with Gasteiger partial charge in [0.25, 0.3) is 0 Å². The molecular formula is C11H18O. The lowest BCUT2D eigenvalue weighted by atomic mass is 9.69. The van der Waals surface area contributed by atoms with Gasteiger partial charge in [0.2, 0.25) is 0 Å². The molecule has 3 saturated carbocycles. The number of hydrogen-bond donors (Lipinski definition) is 1. The minimum atomic E-state index is 0.0616. The van der Waals surface area contributed by atoms with Gasteiger partial charge in [-0.15, -0.1) is 0 Å². The lowest BCUT2D eigenvalue weighted by Gasteiger charge is -2.38. The van der Waals surface area contributed by atoms with Crippen molar-refractivity contribution < 1.29 is 5.11 Å². The third-order valence-corrected chi connectivity index (χ3v) is 4.88. The van der Waals surface area contributed by atoms with Gasteiger partial charge in [0.15, 0.2) is 0 Å². The third-order valence-electron chi connectivity index (χ3n) is 4.88. The minimum absolute atomic E-state index is 0.0616. The normalized spacial score (nSPS) is 57.2. The molecule has 1 nitrogen and oxygen atoms in total. The Labute approximate surface area is 74.2 Å². The number of aliphatic hydroxyl groups is 1. The van der Waals surface area contributed by atoms with Crippen molar-refractivity contribution >= 4 is 0 Å². The van der Waals surface area contributed by atoms with E-state index in [9.17, 15) is 5.11 Å². The van der Waals surface area contributed by atoms with E-state index >= 15 is 0 Å². The molecule has 3 aliphatic rings. The first-order chi connectivity index (χ1) is 5.79. The SMILES string of the molecule is OC1CCCC23CCCCC12C3. The van der Waals surface area contributed by atoms with Crippen molar-refractivity contribution in [2.45, 2.75) is 57.5 Å². The van der Waals surface area contributed by atoms with E-state index in [1.54, 1.807) is 0 Å². The summed E-state index contributed by atoms with van der Waals surface area (Å²) < 4.78 is 0. The quantitative estimate of drug-likeness (QED) is 0.586. The second kappa shape index (κ2) is 2.06. The maximum Gasteiger partial charge on any atom is 0.0602 e. The first-order valence-corrected chi connectivity index (χ1v) is 5.47. The Morgan fingerprint density at radius 1 is 1.00 bits per heavy atom. The summed E-state index contributed by atoms with van der Waals surface area (Å²) in [6, 6.07) is 0. The second-order valence-corrected chi connectivity index (χ2v) is 5.23. The first-order valence-electron chi connectivity index (χ1n) is 5.47. The van der Waals surface area contributed by atoms with E-state index in [1.165, 1.54) is 44.9 Å². The highest BCUT2D eigenvalue weighted by atomic mass is 16.3. The summed E-state index contributed by atoms with van der Waals surface area (Å²) in [5.41, 5.74) is 1.08. The zero-order valence-electron chi connectivity index (χ0n) is 7.68. The molecule has 3 rings (SSSR count). The van der Waals surface area contributed by atoms with Gasteiger partial charge in [-0.3, -0.25) is 0 Å². The summed E-state index contributed by atoms with van der Waals surface area (Å²) in [7, 11) is 0. The molecule has 0 radical (unpaired) electrons. The van der Waals surface area contributed by atoms with Crippen LogP contribution >= 0.6 is 0 Å². The molecule has 0 saturated heterocycles. The molecule has 12 heavy (non-hydrogen) atoms. The van der Waals surface area contributed by atoms with Crippen molar-refractivity contribution in [2.75, 3.05) is 0 Å². The van der Waals surface area contributed by atoms with E-state index < -0.39 is 0 Å². The molecule has 3 fully saturated rings. The average molecular weight is 166 g/mol. The standard InChI is InChI=1S/C11H18O/c12-9-4-3-6-10-5-1-2-7-11(9,10)8-10/h9,12H,1-8H2. The molecule has 68 valence electrons. The predicted octanol–water partition coefficient (Wildman–Crippen LogP) is 2.48. The number of aliphatic hydroxyl groups excluding tert-OH is 1. The van der Waals surface area contributed by atoms with Crippen molar-refractivity contribution in [1.29, 1.82) is 0 Å². The largest absolute Gasteiger partial charge is 0.393 e. The van der Waals surface area contributed by atoms with Gasteiger partial charge >= 0.3 is 0 Å². The van der Waals surface area contributed by atoms with Gasteiger partial charge in [0, 0.05) is 5.41 Å². The van der Waals surface area contributed by atoms with Crippen LogP contribution in [0.5, 0.6) is 0 Å². The van der Waals surface area contributed by atoms with Gasteiger partial charge in [0.1, 0.15) is 0 Å². The summed E-state index contributed by atoms with van der Waals surface area (Å²) in [5, 5.41) is 10.0. The summed E-state index contributed by atoms with van der Waals surface area (Å²) in [5.74, 6) is 0. The predicted molar refractivity (Wildman–Crippen MR) is 47.8 cm³/mol. The van der Waals surface area contributed by atoms with Crippen molar-refractivity contribution in [2.24, 2.45) is 10.8 Å². The highest BCUT2D eigenvalue weighted by Crippen LogP contribution is 2.77. The minimum Gasteiger partial charge on any atom is -0.393 e. The van der Waals surface area contributed by atoms with Gasteiger partial charge in [0.05, 0.1) is 6.10 Å². The molecule has 0 aromatic rings. The monoisotopic (exact) mass is 166 g/mol. The molecule has 3 atom stereocenters. The smallest absolute Gasteiger partial charge is 0.0602 e. The molecule has 0 spiro atoms. The van der Waals surface area contributed by atoms with E-state index in [1.807, 2.05) is 0 Å². The van der Waals surface area contributed by atoms with Gasteiger partial charge in [-0.05, 0) is 37.5 Å². The highest BCUT2D eigenvalue weighted by molar-refractivity contribution is 5.20. The molecule has 0 heterocycles. The van der Waals surface area contributed by atoms with Crippen LogP contribution in [0.15, 0.2) is 0 Å². The van der Waals surface area contributed by atoms with Gasteiger partial charge < -0.3 is 5.11 Å². The van der Waals surface area contributed by atoms with E-state index in [2.05, 4.69) is 0 Å². The molecule has 0 bridgehead atoms. The topological polar surface area (TPSA) is 20.2 Å². The third kappa shape index (κ3) is 0.654. The van der Waals surface area contributed by atoms with Gasteiger partial charge in [-0.1, -0.05) is 19.3 Å². The molecule has 1 N–H and O–H groups in total. The van der Waals surface area contributed by atoms with Crippen molar-refractivity contribution in [1.82, 2.24) is 0 Å². The summed E-state index contributed by atoms with van der Waals surface area (Å²) >= 11 is 0. The van der Waals surface area contributed by atoms with Crippen molar-refractivity contribution in [3.63, 3.8) is 0 Å². The average Bonchev–Trinajstić information content (AvgIpc) is 2.75. The number of hydrogen-bond acceptors (Lipinski definition) is 1. The molecule has 0 aromatic heterocycles. The van der Waals surface area contributed by atoms with E-state index in [0.29, 0.717) is 10.8 Å². The Morgan fingerprint density at radius 3 is 2.58 bits per heavy atom. The van der Waals surface area contributed by atoms with Crippen molar-refractivity contribution in [3.05, 3.63) is 0 Å². The fourth-order valence-electron chi connectivity index (χ4n) is 4.16. The van der Waals surface area contributed by atoms with Gasteiger partial charge in [-0.2, -0.15) is 0 Å². The van der Waals surface area contributed by atoms with Crippen LogP contribution in [0.2, 0.25) is 0 Å². The Bertz CT molecular complexity index is 209. The van der Waals surface area contributed by atoms with E-state index in [-0.39, 0.29) is 6.10 Å². The second-order valence-electron chi connectivity index (χ2n) is 5.23. The summed E-state index contributed by atoms with van der Waals surface area (Å²) in [6.45, 7) is 0. The molecule has 1 heteroatoms. The Kier molecular flexibility index (Phi) is 1.27. The van der Waals surface area contributed by atoms with Crippen LogP contribution in [0, 0.1) is 10.8 Å². The molecular weight excluding hydrogens is 148 g/mol. The van der Waals surface area contributed by atoms with Crippen LogP contribution in [-0.2, 0) is 0 Å². The van der Waals surface area contributed by atoms with Crippen LogP contribution in [0.4, 0.5) is 0 Å². The van der Waals surface area contributed by atoms with Crippen LogP contribution in [0.3, 0.4) is 0 Å². The molecule has 0 aromatic carbocycles. The van der Waals surface area contributed by atoms with Crippen LogP contribution in [0.1, 0.15) is 51.4 Å².